The maximum Gasteiger partial charge on any atom is 0.0911 e. The number of hydrogen-bond donors (Lipinski definition) is 2. The first-order valence-corrected chi connectivity index (χ1v) is 12.9. The number of fused-ring (bicyclic) bond motifs is 6. The second-order valence-corrected chi connectivity index (χ2v) is 12.0. The van der Waals surface area contributed by atoms with Gasteiger partial charge in [-0.3, -0.25) is 0 Å². The molecule has 0 aromatic heterocycles. The predicted octanol–water partition coefficient (Wildman–Crippen LogP) is 5.00. The van der Waals surface area contributed by atoms with Gasteiger partial charge in [0.05, 0.1) is 17.8 Å². The molecule has 6 aliphatic rings. The number of piperidine rings is 1. The third-order valence-corrected chi connectivity index (χ3v) is 10.7. The highest BCUT2D eigenvalue weighted by Crippen LogP contribution is 2.63. The fourth-order valence-corrected chi connectivity index (χ4v) is 8.77. The minimum Gasteiger partial charge on any atom is -0.393 e. The van der Waals surface area contributed by atoms with Gasteiger partial charge in [0.25, 0.3) is 0 Å². The summed E-state index contributed by atoms with van der Waals surface area (Å²) < 4.78 is 6.96. The fourth-order valence-electron chi connectivity index (χ4n) is 8.77. The molecule has 10 atom stereocenters. The van der Waals surface area contributed by atoms with Crippen LogP contribution >= 0.6 is 0 Å². The van der Waals surface area contributed by atoms with Crippen LogP contribution in [0.2, 0.25) is 0 Å². The molecule has 1 spiro atoms. The molecule has 3 nitrogen and oxygen atoms in total. The minimum atomic E-state index is -0.109. The van der Waals surface area contributed by atoms with Crippen LogP contribution in [0.25, 0.3) is 0 Å². The van der Waals surface area contributed by atoms with Crippen molar-refractivity contribution in [2.24, 2.45) is 35.0 Å². The highest BCUT2D eigenvalue weighted by Gasteiger charge is 2.58. The van der Waals surface area contributed by atoms with E-state index in [1.165, 1.54) is 51.5 Å². The number of ether oxygens (including phenoxy) is 1. The molecule has 4 fully saturated rings. The third kappa shape index (κ3) is 2.74. The van der Waals surface area contributed by atoms with Gasteiger partial charge in [-0.2, -0.15) is 0 Å². The topological polar surface area (TPSA) is 41.5 Å². The van der Waals surface area contributed by atoms with Gasteiger partial charge in [0, 0.05) is 12.0 Å². The van der Waals surface area contributed by atoms with Crippen LogP contribution in [0.15, 0.2) is 23.3 Å². The van der Waals surface area contributed by atoms with Gasteiger partial charge in [0.1, 0.15) is 0 Å². The Morgan fingerprint density at radius 1 is 1.23 bits per heavy atom. The molecule has 166 valence electrons. The van der Waals surface area contributed by atoms with E-state index in [2.05, 4.69) is 38.2 Å². The van der Waals surface area contributed by atoms with Crippen LogP contribution in [-0.2, 0) is 4.74 Å². The van der Waals surface area contributed by atoms with Gasteiger partial charge in [0.15, 0.2) is 0 Å². The predicted molar refractivity (Wildman–Crippen MR) is 120 cm³/mol. The van der Waals surface area contributed by atoms with Gasteiger partial charge in [0.2, 0.25) is 0 Å². The molecule has 0 radical (unpaired) electrons. The molecule has 2 heterocycles. The van der Waals surface area contributed by atoms with E-state index >= 15 is 0 Å². The molecule has 30 heavy (non-hydrogen) atoms. The monoisotopic (exact) mass is 411 g/mol. The standard InChI is InChI=1S/C27H41NO2/c1-4-17-11-24-25(28-15-17)16(2)27(30-24)10-8-21-18(14-27)12-23-22(21)6-5-19-13-20(29)7-9-26(19,23)3/h5,14,16-17,20-25,28-29H,4,6-13,15H2,1-3H3/t16-,17+,20+,21?,22?,23?,24?,25?,26+,27+/m1/s1. The number of nitrogens with one attached hydrogen (secondary N) is 1. The summed E-state index contributed by atoms with van der Waals surface area (Å²) in [7, 11) is 0. The van der Waals surface area contributed by atoms with E-state index in [1.54, 1.807) is 11.1 Å². The van der Waals surface area contributed by atoms with Gasteiger partial charge < -0.3 is 15.2 Å². The lowest BCUT2D eigenvalue weighted by Gasteiger charge is -2.49. The maximum absolute atomic E-state index is 10.2. The zero-order valence-corrected chi connectivity index (χ0v) is 19.2. The van der Waals surface area contributed by atoms with Gasteiger partial charge in [-0.25, -0.2) is 0 Å². The Labute approximate surface area is 182 Å². The molecule has 6 rings (SSSR count). The highest BCUT2D eigenvalue weighted by atomic mass is 16.5. The molecule has 2 saturated heterocycles. The zero-order valence-electron chi connectivity index (χ0n) is 19.2. The van der Waals surface area contributed by atoms with E-state index in [1.807, 2.05) is 0 Å². The Hall–Kier alpha value is -0.640. The summed E-state index contributed by atoms with van der Waals surface area (Å²) in [5, 5.41) is 14.1. The van der Waals surface area contributed by atoms with Crippen molar-refractivity contribution in [1.82, 2.24) is 5.32 Å². The summed E-state index contributed by atoms with van der Waals surface area (Å²) in [4.78, 5) is 0. The summed E-state index contributed by atoms with van der Waals surface area (Å²) in [6, 6.07) is 0.537. The second-order valence-electron chi connectivity index (χ2n) is 12.0. The van der Waals surface area contributed by atoms with Crippen LogP contribution < -0.4 is 5.32 Å². The molecule has 3 heteroatoms. The Bertz CT molecular complexity index is 773. The first-order chi connectivity index (χ1) is 14.4. The molecule has 0 bridgehead atoms. The van der Waals surface area contributed by atoms with Crippen LogP contribution in [0.4, 0.5) is 0 Å². The maximum atomic E-state index is 10.2. The minimum absolute atomic E-state index is 0.0236. The van der Waals surface area contributed by atoms with Crippen molar-refractivity contribution in [3.8, 4) is 0 Å². The van der Waals surface area contributed by atoms with Crippen molar-refractivity contribution in [1.29, 1.82) is 0 Å². The van der Waals surface area contributed by atoms with Crippen LogP contribution in [0.3, 0.4) is 0 Å². The van der Waals surface area contributed by atoms with Crippen LogP contribution in [-0.4, -0.2) is 35.5 Å². The third-order valence-electron chi connectivity index (χ3n) is 10.7. The number of hydrogen-bond acceptors (Lipinski definition) is 3. The average molecular weight is 412 g/mol. The quantitative estimate of drug-likeness (QED) is 0.597. The molecular weight excluding hydrogens is 370 g/mol. The highest BCUT2D eigenvalue weighted by molar-refractivity contribution is 5.34. The SMILES string of the molecule is CC[C@@H]1CNC2C(C1)O[C@@]1(C=C3CC4C(CC=C5C[C@@H](O)CC[C@@]54C)C3CC1)[C@@H]2C. The molecule has 2 saturated carbocycles. The largest absolute Gasteiger partial charge is 0.393 e. The normalized spacial score (nSPS) is 54.7. The fraction of sp³-hybridized carbons (Fsp3) is 0.852. The molecule has 5 unspecified atom stereocenters. The number of rotatable bonds is 1. The van der Waals surface area contributed by atoms with E-state index in [0.29, 0.717) is 23.5 Å². The van der Waals surface area contributed by atoms with Gasteiger partial charge >= 0.3 is 0 Å². The van der Waals surface area contributed by atoms with E-state index in [-0.39, 0.29) is 11.7 Å². The Morgan fingerprint density at radius 3 is 2.93 bits per heavy atom. The molecule has 0 aromatic carbocycles. The molecular formula is C27H41NO2. The molecule has 2 N–H and O–H groups in total. The van der Waals surface area contributed by atoms with Gasteiger partial charge in [-0.15, -0.1) is 0 Å². The van der Waals surface area contributed by atoms with Crippen LogP contribution in [0.1, 0.15) is 78.6 Å². The van der Waals surface area contributed by atoms with Crippen molar-refractivity contribution in [3.05, 3.63) is 23.3 Å². The summed E-state index contributed by atoms with van der Waals surface area (Å²) in [5.74, 6) is 3.72. The van der Waals surface area contributed by atoms with Crippen molar-refractivity contribution < 1.29 is 9.84 Å². The first kappa shape index (κ1) is 20.0. The lowest BCUT2D eigenvalue weighted by atomic mass is 9.56. The van der Waals surface area contributed by atoms with Crippen molar-refractivity contribution >= 4 is 0 Å². The summed E-state index contributed by atoms with van der Waals surface area (Å²) in [6.07, 6.45) is 16.1. The first-order valence-electron chi connectivity index (χ1n) is 12.9. The van der Waals surface area contributed by atoms with Gasteiger partial charge in [-0.1, -0.05) is 50.5 Å². The van der Waals surface area contributed by atoms with E-state index in [0.717, 1.165) is 36.5 Å². The summed E-state index contributed by atoms with van der Waals surface area (Å²) in [5.41, 5.74) is 3.60. The van der Waals surface area contributed by atoms with E-state index in [4.69, 9.17) is 4.74 Å². The number of aliphatic hydroxyl groups is 1. The summed E-state index contributed by atoms with van der Waals surface area (Å²) in [6.45, 7) is 8.46. The second kappa shape index (κ2) is 6.93. The van der Waals surface area contributed by atoms with Crippen LogP contribution in [0, 0.1) is 35.0 Å². The molecule has 4 aliphatic carbocycles. The van der Waals surface area contributed by atoms with E-state index in [9.17, 15) is 5.11 Å². The Balaban J connectivity index is 1.28. The average Bonchev–Trinajstić information content (AvgIpc) is 3.24. The number of aliphatic hydroxyl groups excluding tert-OH is 1. The smallest absolute Gasteiger partial charge is 0.0911 e. The zero-order chi connectivity index (χ0) is 20.7. The van der Waals surface area contributed by atoms with Gasteiger partial charge in [-0.05, 0) is 87.0 Å². The lowest BCUT2D eigenvalue weighted by Crippen LogP contribution is -2.49. The Morgan fingerprint density at radius 2 is 2.10 bits per heavy atom. The van der Waals surface area contributed by atoms with Crippen molar-refractivity contribution in [3.63, 3.8) is 0 Å². The van der Waals surface area contributed by atoms with E-state index < -0.39 is 0 Å². The number of allylic oxidation sites excluding steroid dienone is 2. The van der Waals surface area contributed by atoms with Crippen molar-refractivity contribution in [2.75, 3.05) is 6.54 Å². The van der Waals surface area contributed by atoms with Crippen molar-refractivity contribution in [2.45, 2.75) is 102 Å². The summed E-state index contributed by atoms with van der Waals surface area (Å²) >= 11 is 0. The molecule has 0 aromatic rings. The Kier molecular flexibility index (Phi) is 4.62. The molecule has 0 amide bonds. The lowest BCUT2D eigenvalue weighted by molar-refractivity contribution is -0.0480. The molecule has 2 aliphatic heterocycles. The van der Waals surface area contributed by atoms with Crippen LogP contribution in [0.5, 0.6) is 0 Å².